The number of unbranched alkanes of at least 4 members (excludes halogenated alkanes) is 3. The number of thioether (sulfide) groups is 1. The van der Waals surface area contributed by atoms with E-state index in [2.05, 4.69) is 18.2 Å². The summed E-state index contributed by atoms with van der Waals surface area (Å²) in [5.74, 6) is -1.63. The van der Waals surface area contributed by atoms with Gasteiger partial charge >= 0.3 is 5.97 Å². The van der Waals surface area contributed by atoms with Crippen LogP contribution in [0.4, 0.5) is 0 Å². The summed E-state index contributed by atoms with van der Waals surface area (Å²) in [5, 5.41) is 8.87. The Bertz CT molecular complexity index is 828. The van der Waals surface area contributed by atoms with Crippen LogP contribution in [0, 0.1) is 11.8 Å². The molecule has 4 aliphatic heterocycles. The number of cyclic esters (lactones) is 1. The molecule has 1 spiro atoms. The van der Waals surface area contributed by atoms with E-state index in [4.69, 9.17) is 9.84 Å². The fourth-order valence-electron chi connectivity index (χ4n) is 5.72. The summed E-state index contributed by atoms with van der Waals surface area (Å²) < 4.78 is 4.82. The Morgan fingerprint density at radius 1 is 1.15 bits per heavy atom. The monoisotopic (exact) mass is 476 g/mol. The average Bonchev–Trinajstić information content (AvgIpc) is 3.18. The molecule has 0 bridgehead atoms. The van der Waals surface area contributed by atoms with Crippen molar-refractivity contribution in [3.05, 3.63) is 24.3 Å². The second-order valence-electron chi connectivity index (χ2n) is 9.74. The molecule has 0 aromatic rings. The molecule has 4 aliphatic rings. The number of fused-ring (bicyclic) bond motifs is 2. The van der Waals surface area contributed by atoms with E-state index in [0.29, 0.717) is 19.7 Å². The van der Waals surface area contributed by atoms with Crippen LogP contribution in [0.3, 0.4) is 0 Å². The molecule has 8 heteroatoms. The van der Waals surface area contributed by atoms with Gasteiger partial charge in [-0.3, -0.25) is 14.4 Å². The van der Waals surface area contributed by atoms with Gasteiger partial charge in [0.2, 0.25) is 11.8 Å². The van der Waals surface area contributed by atoms with Crippen molar-refractivity contribution in [2.24, 2.45) is 11.8 Å². The van der Waals surface area contributed by atoms with E-state index in [-0.39, 0.29) is 35.7 Å². The Morgan fingerprint density at radius 3 is 2.70 bits per heavy atom. The minimum absolute atomic E-state index is 0.0197. The van der Waals surface area contributed by atoms with Crippen LogP contribution < -0.4 is 0 Å². The standard InChI is InChI=1S/C25H36N2O5S/c1-17(2)26-14-10-12-25-20(19-18(33-25)11-6-5-9-16-32-24(19)31)22(29)27(21(25)23(26)30)13-7-3-4-8-15-28/h6,10-12,17-21,28H,3-5,7-9,13-16H2,1-2H3/b11-6-/t18-,19+,20+,21?,25+/m1/s1. The number of esters is 1. The summed E-state index contributed by atoms with van der Waals surface area (Å²) in [6.07, 6.45) is 13.1. The van der Waals surface area contributed by atoms with Gasteiger partial charge in [0.15, 0.2) is 0 Å². The van der Waals surface area contributed by atoms with Crippen LogP contribution in [0.1, 0.15) is 52.4 Å². The van der Waals surface area contributed by atoms with Crippen molar-refractivity contribution in [3.8, 4) is 0 Å². The lowest BCUT2D eigenvalue weighted by Gasteiger charge is -2.36. The van der Waals surface area contributed by atoms with Gasteiger partial charge in [-0.2, -0.15) is 0 Å². The summed E-state index contributed by atoms with van der Waals surface area (Å²) in [5.41, 5.74) is 0. The van der Waals surface area contributed by atoms with Gasteiger partial charge in [0.05, 0.1) is 23.2 Å². The number of allylic oxidation sites excluding steroid dienone is 1. The minimum Gasteiger partial charge on any atom is -0.465 e. The van der Waals surface area contributed by atoms with Gasteiger partial charge in [0.25, 0.3) is 0 Å². The number of carbonyl (C=O) groups is 3. The van der Waals surface area contributed by atoms with Crippen molar-refractivity contribution in [1.82, 2.24) is 9.80 Å². The number of aliphatic hydroxyl groups excluding tert-OH is 1. The smallest absolute Gasteiger partial charge is 0.311 e. The Morgan fingerprint density at radius 2 is 1.94 bits per heavy atom. The largest absolute Gasteiger partial charge is 0.465 e. The number of nitrogens with zero attached hydrogens (tertiary/aromatic N) is 2. The molecule has 0 radical (unpaired) electrons. The molecule has 2 saturated heterocycles. The Hall–Kier alpha value is -1.80. The number of amides is 2. The molecule has 5 atom stereocenters. The topological polar surface area (TPSA) is 87.2 Å². The second kappa shape index (κ2) is 10.2. The first-order valence-electron chi connectivity index (χ1n) is 12.3. The Balaban J connectivity index is 1.71. The highest BCUT2D eigenvalue weighted by Gasteiger charge is 2.70. The zero-order valence-electron chi connectivity index (χ0n) is 19.7. The summed E-state index contributed by atoms with van der Waals surface area (Å²) in [6.45, 7) is 5.52. The summed E-state index contributed by atoms with van der Waals surface area (Å²) in [4.78, 5) is 44.6. The van der Waals surface area contributed by atoms with Crippen molar-refractivity contribution in [3.63, 3.8) is 0 Å². The molecular formula is C25H36N2O5S. The number of ether oxygens (including phenoxy) is 1. The van der Waals surface area contributed by atoms with Crippen LogP contribution in [0.5, 0.6) is 0 Å². The van der Waals surface area contributed by atoms with Crippen molar-refractivity contribution >= 4 is 29.5 Å². The normalized spacial score (nSPS) is 34.8. The summed E-state index contributed by atoms with van der Waals surface area (Å²) in [7, 11) is 0. The lowest BCUT2D eigenvalue weighted by atomic mass is 9.78. The highest BCUT2D eigenvalue weighted by Crippen LogP contribution is 2.60. The molecule has 7 nitrogen and oxygen atoms in total. The first-order valence-corrected chi connectivity index (χ1v) is 13.2. The molecule has 33 heavy (non-hydrogen) atoms. The minimum atomic E-state index is -0.763. The van der Waals surface area contributed by atoms with E-state index >= 15 is 0 Å². The first-order chi connectivity index (χ1) is 15.9. The summed E-state index contributed by atoms with van der Waals surface area (Å²) >= 11 is 1.60. The van der Waals surface area contributed by atoms with Gasteiger partial charge in [-0.15, -0.1) is 11.8 Å². The van der Waals surface area contributed by atoms with Gasteiger partial charge in [-0.1, -0.05) is 37.1 Å². The maximum atomic E-state index is 13.9. The van der Waals surface area contributed by atoms with Gasteiger partial charge in [0.1, 0.15) is 6.04 Å². The van der Waals surface area contributed by atoms with Crippen LogP contribution in [-0.4, -0.2) is 81.1 Å². The molecule has 0 aliphatic carbocycles. The number of likely N-dealkylation sites (tertiary alicyclic amines) is 1. The van der Waals surface area contributed by atoms with Crippen molar-refractivity contribution in [2.45, 2.75) is 74.5 Å². The molecular weight excluding hydrogens is 440 g/mol. The van der Waals surface area contributed by atoms with E-state index in [1.807, 2.05) is 24.8 Å². The van der Waals surface area contributed by atoms with Crippen LogP contribution in [0.25, 0.3) is 0 Å². The number of carbonyl (C=O) groups excluding carboxylic acids is 3. The van der Waals surface area contributed by atoms with Crippen LogP contribution in [0.2, 0.25) is 0 Å². The lowest BCUT2D eigenvalue weighted by molar-refractivity contribution is -0.153. The zero-order valence-corrected chi connectivity index (χ0v) is 20.5. The van der Waals surface area contributed by atoms with Gasteiger partial charge in [-0.25, -0.2) is 0 Å². The average molecular weight is 477 g/mol. The Kier molecular flexibility index (Phi) is 7.53. The third kappa shape index (κ3) is 4.36. The molecule has 0 aromatic heterocycles. The highest BCUT2D eigenvalue weighted by atomic mass is 32.2. The number of aliphatic hydroxyl groups is 1. The van der Waals surface area contributed by atoms with Gasteiger partial charge in [0, 0.05) is 31.0 Å². The molecule has 1 unspecified atom stereocenters. The molecule has 4 heterocycles. The maximum Gasteiger partial charge on any atom is 0.311 e. The highest BCUT2D eigenvalue weighted by molar-refractivity contribution is 8.02. The first kappa shape index (κ1) is 24.3. The predicted octanol–water partition coefficient (Wildman–Crippen LogP) is 2.54. The predicted molar refractivity (Wildman–Crippen MR) is 127 cm³/mol. The molecule has 2 amide bonds. The molecule has 2 fully saturated rings. The maximum absolute atomic E-state index is 13.9. The number of hydrogen-bond acceptors (Lipinski definition) is 6. The van der Waals surface area contributed by atoms with E-state index in [9.17, 15) is 14.4 Å². The van der Waals surface area contributed by atoms with E-state index in [1.54, 1.807) is 16.7 Å². The Labute approximate surface area is 200 Å². The number of rotatable bonds is 7. The SMILES string of the molecule is CC(C)N1CC=C[C@]23S[C@@H]4/C=C\CCCOC(=O)[C@@H]4[C@H]2C(=O)N(CCCCCCO)C3C1=O. The third-order valence-corrected chi connectivity index (χ3v) is 9.06. The van der Waals surface area contributed by atoms with Gasteiger partial charge in [-0.05, 0) is 39.5 Å². The molecule has 0 aromatic carbocycles. The quantitative estimate of drug-likeness (QED) is 0.345. The molecule has 0 saturated carbocycles. The summed E-state index contributed by atoms with van der Waals surface area (Å²) in [6, 6.07) is -0.595. The number of hydrogen-bond donors (Lipinski definition) is 1. The zero-order chi connectivity index (χ0) is 23.6. The lowest BCUT2D eigenvalue weighted by Crippen LogP contribution is -2.54. The van der Waals surface area contributed by atoms with Crippen LogP contribution >= 0.6 is 11.8 Å². The van der Waals surface area contributed by atoms with Gasteiger partial charge < -0.3 is 19.6 Å². The molecule has 1 N–H and O–H groups in total. The van der Waals surface area contributed by atoms with E-state index in [0.717, 1.165) is 38.5 Å². The second-order valence-corrected chi connectivity index (χ2v) is 11.2. The van der Waals surface area contributed by atoms with Crippen LogP contribution in [0.15, 0.2) is 24.3 Å². The van der Waals surface area contributed by atoms with Crippen molar-refractivity contribution in [2.75, 3.05) is 26.3 Å². The van der Waals surface area contributed by atoms with Crippen LogP contribution in [-0.2, 0) is 19.1 Å². The fourth-order valence-corrected chi connectivity index (χ4v) is 7.72. The molecule has 182 valence electrons. The fraction of sp³-hybridized carbons (Fsp3) is 0.720. The molecule has 4 rings (SSSR count). The van der Waals surface area contributed by atoms with E-state index < -0.39 is 22.6 Å². The third-order valence-electron chi connectivity index (χ3n) is 7.31. The van der Waals surface area contributed by atoms with E-state index in [1.165, 1.54) is 0 Å². The van der Waals surface area contributed by atoms with Crippen molar-refractivity contribution < 1.29 is 24.2 Å². The van der Waals surface area contributed by atoms with Crippen molar-refractivity contribution in [1.29, 1.82) is 0 Å².